The van der Waals surface area contributed by atoms with Crippen molar-refractivity contribution in [1.29, 1.82) is 0 Å². The Kier molecular flexibility index (Phi) is 3.86. The fraction of sp³-hybridized carbons (Fsp3) is 0.300. The topological polar surface area (TPSA) is 62.3 Å². The van der Waals surface area contributed by atoms with E-state index in [-0.39, 0.29) is 18.4 Å². The van der Waals surface area contributed by atoms with Crippen molar-refractivity contribution in [2.45, 2.75) is 0 Å². The Labute approximate surface area is 108 Å². The molecule has 0 atom stereocenters. The van der Waals surface area contributed by atoms with Crippen LogP contribution in [-0.2, 0) is 9.59 Å². The van der Waals surface area contributed by atoms with Crippen molar-refractivity contribution in [3.05, 3.63) is 23.4 Å². The highest BCUT2D eigenvalue weighted by Crippen LogP contribution is 2.14. The minimum absolute atomic E-state index is 0.00536. The molecule has 0 aliphatic carbocycles. The predicted molar refractivity (Wildman–Crippen MR) is 66.9 cm³/mol. The Morgan fingerprint density at radius 1 is 1.59 bits per heavy atom. The van der Waals surface area contributed by atoms with Gasteiger partial charge in [0, 0.05) is 6.20 Å². The van der Waals surface area contributed by atoms with Crippen LogP contribution in [0.25, 0.3) is 0 Å². The lowest BCUT2D eigenvalue weighted by atomic mass is 10.4. The molecule has 0 bridgehead atoms. The lowest BCUT2D eigenvalue weighted by molar-refractivity contribution is -0.130. The van der Waals surface area contributed by atoms with Crippen LogP contribution in [0.5, 0.6) is 0 Å². The summed E-state index contributed by atoms with van der Waals surface area (Å²) < 4.78 is 0. The lowest BCUT2D eigenvalue weighted by Crippen LogP contribution is -2.34. The van der Waals surface area contributed by atoms with Gasteiger partial charge in [-0.05, 0) is 12.1 Å². The second kappa shape index (κ2) is 5.37. The molecule has 2 amide bonds. The zero-order valence-electron chi connectivity index (χ0n) is 8.85. The number of pyridine rings is 1. The molecule has 0 aromatic carbocycles. The van der Waals surface area contributed by atoms with Gasteiger partial charge in [-0.1, -0.05) is 11.6 Å². The summed E-state index contributed by atoms with van der Waals surface area (Å²) in [6, 6.07) is 3.25. The number of nitrogens with one attached hydrogen (secondary N) is 1. The van der Waals surface area contributed by atoms with Crippen LogP contribution in [0, 0.1) is 0 Å². The van der Waals surface area contributed by atoms with E-state index in [0.29, 0.717) is 22.5 Å². The number of carbonyl (C=O) groups is 2. The molecule has 1 N–H and O–H groups in total. The molecule has 0 spiro atoms. The number of aromatic nitrogens is 1. The first-order valence-electron chi connectivity index (χ1n) is 4.92. The Morgan fingerprint density at radius 3 is 3.00 bits per heavy atom. The van der Waals surface area contributed by atoms with E-state index in [0.717, 1.165) is 0 Å². The molecule has 5 nitrogen and oxygen atoms in total. The number of nitrogens with zero attached hydrogens (tertiary/aromatic N) is 2. The van der Waals surface area contributed by atoms with Gasteiger partial charge in [-0.2, -0.15) is 0 Å². The second-order valence-electron chi connectivity index (χ2n) is 3.48. The SMILES string of the molecule is O=C(CN1CSCC1=O)Nc1ccc(Cl)cn1. The van der Waals surface area contributed by atoms with E-state index in [1.165, 1.54) is 22.9 Å². The minimum atomic E-state index is -0.254. The average Bonchev–Trinajstić information content (AvgIpc) is 2.68. The number of hydrogen-bond donors (Lipinski definition) is 1. The molecule has 0 unspecified atom stereocenters. The summed E-state index contributed by atoms with van der Waals surface area (Å²) in [5.41, 5.74) is 0. The van der Waals surface area contributed by atoms with Crippen molar-refractivity contribution in [3.8, 4) is 0 Å². The molecule has 1 aliphatic heterocycles. The summed E-state index contributed by atoms with van der Waals surface area (Å²) in [6.45, 7) is 0.0656. The van der Waals surface area contributed by atoms with E-state index in [1.807, 2.05) is 0 Å². The summed E-state index contributed by atoms with van der Waals surface area (Å²) in [5, 5.41) is 3.11. The predicted octanol–water partition coefficient (Wildman–Crippen LogP) is 1.21. The maximum Gasteiger partial charge on any atom is 0.245 e. The van der Waals surface area contributed by atoms with Gasteiger partial charge in [0.25, 0.3) is 0 Å². The Morgan fingerprint density at radius 2 is 2.41 bits per heavy atom. The Bertz CT molecular complexity index is 438. The number of carbonyl (C=O) groups excluding carboxylic acids is 2. The lowest BCUT2D eigenvalue weighted by Gasteiger charge is -2.13. The number of anilines is 1. The highest BCUT2D eigenvalue weighted by Gasteiger charge is 2.22. The minimum Gasteiger partial charge on any atom is -0.323 e. The molecular formula is C10H10ClN3O2S. The molecule has 0 radical (unpaired) electrons. The molecule has 0 saturated carbocycles. The van der Waals surface area contributed by atoms with Crippen LogP contribution in [0.15, 0.2) is 18.3 Å². The second-order valence-corrected chi connectivity index (χ2v) is 4.87. The van der Waals surface area contributed by atoms with E-state index >= 15 is 0 Å². The smallest absolute Gasteiger partial charge is 0.245 e. The van der Waals surface area contributed by atoms with E-state index < -0.39 is 0 Å². The van der Waals surface area contributed by atoms with Gasteiger partial charge in [0.05, 0.1) is 16.7 Å². The Hall–Kier alpha value is -1.27. The fourth-order valence-corrected chi connectivity index (χ4v) is 2.36. The Balaban J connectivity index is 1.88. The molecule has 1 saturated heterocycles. The molecule has 2 heterocycles. The van der Waals surface area contributed by atoms with Gasteiger partial charge in [-0.3, -0.25) is 9.59 Å². The molecular weight excluding hydrogens is 262 g/mol. The molecule has 1 aliphatic rings. The first-order valence-corrected chi connectivity index (χ1v) is 6.45. The van der Waals surface area contributed by atoms with Gasteiger partial charge in [-0.15, -0.1) is 11.8 Å². The van der Waals surface area contributed by atoms with E-state index in [4.69, 9.17) is 11.6 Å². The average molecular weight is 272 g/mol. The van der Waals surface area contributed by atoms with Gasteiger partial charge >= 0.3 is 0 Å². The van der Waals surface area contributed by atoms with Crippen LogP contribution in [0.2, 0.25) is 5.02 Å². The van der Waals surface area contributed by atoms with Crippen molar-refractivity contribution in [1.82, 2.24) is 9.88 Å². The molecule has 90 valence electrons. The van der Waals surface area contributed by atoms with Crippen molar-refractivity contribution in [2.24, 2.45) is 0 Å². The maximum absolute atomic E-state index is 11.6. The number of thioether (sulfide) groups is 1. The first-order chi connectivity index (χ1) is 8.15. The van der Waals surface area contributed by atoms with Gasteiger partial charge in [0.1, 0.15) is 12.4 Å². The van der Waals surface area contributed by atoms with Crippen LogP contribution in [0.3, 0.4) is 0 Å². The largest absolute Gasteiger partial charge is 0.323 e. The monoisotopic (exact) mass is 271 g/mol. The van der Waals surface area contributed by atoms with E-state index in [9.17, 15) is 9.59 Å². The van der Waals surface area contributed by atoms with Gasteiger partial charge in [0.2, 0.25) is 11.8 Å². The molecule has 2 rings (SSSR count). The number of hydrogen-bond acceptors (Lipinski definition) is 4. The van der Waals surface area contributed by atoms with E-state index in [2.05, 4.69) is 10.3 Å². The van der Waals surface area contributed by atoms with Gasteiger partial charge in [0.15, 0.2) is 0 Å². The molecule has 17 heavy (non-hydrogen) atoms. The van der Waals surface area contributed by atoms with Crippen LogP contribution in [0.1, 0.15) is 0 Å². The van der Waals surface area contributed by atoms with Crippen LogP contribution >= 0.6 is 23.4 Å². The van der Waals surface area contributed by atoms with Crippen molar-refractivity contribution < 1.29 is 9.59 Å². The number of rotatable bonds is 3. The number of amides is 2. The third kappa shape index (κ3) is 3.34. The molecule has 1 aromatic rings. The zero-order valence-corrected chi connectivity index (χ0v) is 10.4. The van der Waals surface area contributed by atoms with Crippen LogP contribution < -0.4 is 5.32 Å². The molecule has 1 aromatic heterocycles. The van der Waals surface area contributed by atoms with Crippen LogP contribution in [0.4, 0.5) is 5.82 Å². The van der Waals surface area contributed by atoms with Crippen molar-refractivity contribution in [2.75, 3.05) is 23.5 Å². The van der Waals surface area contributed by atoms with Gasteiger partial charge in [-0.25, -0.2) is 4.98 Å². The third-order valence-electron chi connectivity index (χ3n) is 2.15. The molecule has 1 fully saturated rings. The fourth-order valence-electron chi connectivity index (χ4n) is 1.35. The number of halogens is 1. The quantitative estimate of drug-likeness (QED) is 0.898. The molecule has 7 heteroatoms. The van der Waals surface area contributed by atoms with Gasteiger partial charge < -0.3 is 10.2 Å². The van der Waals surface area contributed by atoms with Crippen LogP contribution in [-0.4, -0.2) is 39.9 Å². The standard InChI is InChI=1S/C10H10ClN3O2S/c11-7-1-2-8(12-3-7)13-9(15)4-14-6-17-5-10(14)16/h1-3H,4-6H2,(H,12,13,15). The summed E-state index contributed by atoms with van der Waals surface area (Å²) in [4.78, 5) is 28.4. The third-order valence-corrected chi connectivity index (χ3v) is 3.32. The highest BCUT2D eigenvalue weighted by atomic mass is 35.5. The van der Waals surface area contributed by atoms with E-state index in [1.54, 1.807) is 12.1 Å². The maximum atomic E-state index is 11.6. The van der Waals surface area contributed by atoms with Crippen molar-refractivity contribution in [3.63, 3.8) is 0 Å². The highest BCUT2D eigenvalue weighted by molar-refractivity contribution is 8.00. The normalized spacial score (nSPS) is 15.1. The zero-order chi connectivity index (χ0) is 12.3. The summed E-state index contributed by atoms with van der Waals surface area (Å²) in [6.07, 6.45) is 1.45. The van der Waals surface area contributed by atoms with Crippen molar-refractivity contribution >= 4 is 41.0 Å². The summed E-state index contributed by atoms with van der Waals surface area (Å²) in [5.74, 6) is 1.19. The summed E-state index contributed by atoms with van der Waals surface area (Å²) in [7, 11) is 0. The summed E-state index contributed by atoms with van der Waals surface area (Å²) >= 11 is 7.18. The first kappa shape index (κ1) is 12.2.